The molecule has 0 aliphatic carbocycles. The van der Waals surface area contributed by atoms with Crippen molar-refractivity contribution in [3.8, 4) is 0 Å². The quantitative estimate of drug-likeness (QED) is 0.720. The van der Waals surface area contributed by atoms with Crippen molar-refractivity contribution in [2.75, 3.05) is 18.4 Å². The number of amides is 2. The summed E-state index contributed by atoms with van der Waals surface area (Å²) in [5, 5.41) is 15.4. The van der Waals surface area contributed by atoms with Crippen molar-refractivity contribution in [1.82, 2.24) is 15.2 Å². The highest BCUT2D eigenvalue weighted by molar-refractivity contribution is 5.77. The SMILES string of the molecule is CC(C)[C@H]1CNC(=O)N1CC(O)Nc1ccc(C(F)(F)F)nc1. The van der Waals surface area contributed by atoms with Crippen LogP contribution >= 0.6 is 0 Å². The van der Waals surface area contributed by atoms with E-state index in [-0.39, 0.29) is 30.2 Å². The molecule has 23 heavy (non-hydrogen) atoms. The summed E-state index contributed by atoms with van der Waals surface area (Å²) in [7, 11) is 0. The summed E-state index contributed by atoms with van der Waals surface area (Å²) in [5.41, 5.74) is -0.762. The molecule has 3 N–H and O–H groups in total. The maximum absolute atomic E-state index is 12.4. The van der Waals surface area contributed by atoms with Crippen LogP contribution in [0.15, 0.2) is 18.3 Å². The lowest BCUT2D eigenvalue weighted by molar-refractivity contribution is -0.141. The van der Waals surface area contributed by atoms with Crippen molar-refractivity contribution in [2.24, 2.45) is 5.92 Å². The van der Waals surface area contributed by atoms with Crippen LogP contribution in [0.2, 0.25) is 0 Å². The van der Waals surface area contributed by atoms with Crippen molar-refractivity contribution >= 4 is 11.7 Å². The number of hydrogen-bond donors (Lipinski definition) is 3. The summed E-state index contributed by atoms with van der Waals surface area (Å²) in [6, 6.07) is 1.71. The van der Waals surface area contributed by atoms with Gasteiger partial charge in [0.15, 0.2) is 0 Å². The zero-order valence-electron chi connectivity index (χ0n) is 12.8. The molecule has 2 amide bonds. The van der Waals surface area contributed by atoms with Gasteiger partial charge in [-0.15, -0.1) is 0 Å². The molecule has 2 atom stereocenters. The number of nitrogens with one attached hydrogen (secondary N) is 2. The molecule has 0 aromatic carbocycles. The Kier molecular flexibility index (Phi) is 4.98. The van der Waals surface area contributed by atoms with Crippen molar-refractivity contribution in [3.05, 3.63) is 24.0 Å². The molecule has 0 spiro atoms. The van der Waals surface area contributed by atoms with Crippen molar-refractivity contribution in [1.29, 1.82) is 0 Å². The fourth-order valence-corrected chi connectivity index (χ4v) is 2.44. The van der Waals surface area contributed by atoms with E-state index in [0.29, 0.717) is 6.54 Å². The second kappa shape index (κ2) is 6.61. The number of alkyl halides is 3. The Bertz CT molecular complexity index is 548. The van der Waals surface area contributed by atoms with Crippen molar-refractivity contribution in [2.45, 2.75) is 32.3 Å². The summed E-state index contributed by atoms with van der Waals surface area (Å²) in [5.74, 6) is 0.217. The molecule has 2 rings (SSSR count). The molecule has 0 radical (unpaired) electrons. The molecule has 1 aromatic heterocycles. The monoisotopic (exact) mass is 332 g/mol. The first kappa shape index (κ1) is 17.3. The van der Waals surface area contributed by atoms with Crippen LogP contribution in [0.4, 0.5) is 23.7 Å². The molecule has 1 aliphatic heterocycles. The van der Waals surface area contributed by atoms with E-state index in [1.54, 1.807) is 0 Å². The average molecular weight is 332 g/mol. The number of aliphatic hydroxyl groups excluding tert-OH is 1. The number of hydrogen-bond acceptors (Lipinski definition) is 4. The Morgan fingerprint density at radius 2 is 2.17 bits per heavy atom. The van der Waals surface area contributed by atoms with Crippen LogP contribution in [0.3, 0.4) is 0 Å². The zero-order chi connectivity index (χ0) is 17.2. The molecule has 1 unspecified atom stereocenters. The number of urea groups is 1. The van der Waals surface area contributed by atoms with Crippen LogP contribution in [-0.2, 0) is 6.18 Å². The minimum atomic E-state index is -4.50. The highest BCUT2D eigenvalue weighted by Crippen LogP contribution is 2.27. The van der Waals surface area contributed by atoms with Gasteiger partial charge in [-0.1, -0.05) is 13.8 Å². The maximum Gasteiger partial charge on any atom is 0.433 e. The van der Waals surface area contributed by atoms with Gasteiger partial charge in [0.2, 0.25) is 0 Å². The number of rotatable bonds is 5. The van der Waals surface area contributed by atoms with E-state index in [9.17, 15) is 23.1 Å². The molecule has 1 saturated heterocycles. The van der Waals surface area contributed by atoms with Crippen LogP contribution in [0.25, 0.3) is 0 Å². The van der Waals surface area contributed by atoms with Gasteiger partial charge < -0.3 is 20.6 Å². The Balaban J connectivity index is 1.96. The zero-order valence-corrected chi connectivity index (χ0v) is 12.8. The minimum absolute atomic E-state index is 0.0235. The van der Waals surface area contributed by atoms with E-state index in [1.165, 1.54) is 11.0 Å². The first-order chi connectivity index (χ1) is 10.7. The maximum atomic E-state index is 12.4. The molecule has 1 aliphatic rings. The molecular formula is C14H19F3N4O2. The summed E-state index contributed by atoms with van der Waals surface area (Å²) in [6.07, 6.45) is -4.62. The lowest BCUT2D eigenvalue weighted by Crippen LogP contribution is -2.44. The molecule has 1 fully saturated rings. The molecule has 6 nitrogen and oxygen atoms in total. The van der Waals surface area contributed by atoms with Crippen LogP contribution in [0.5, 0.6) is 0 Å². The van der Waals surface area contributed by atoms with Gasteiger partial charge in [-0.25, -0.2) is 9.78 Å². The van der Waals surface area contributed by atoms with E-state index in [2.05, 4.69) is 15.6 Å². The van der Waals surface area contributed by atoms with Crippen LogP contribution < -0.4 is 10.6 Å². The largest absolute Gasteiger partial charge is 0.433 e. The van der Waals surface area contributed by atoms with E-state index in [1.807, 2.05) is 13.8 Å². The lowest BCUT2D eigenvalue weighted by atomic mass is 10.0. The Morgan fingerprint density at radius 3 is 2.70 bits per heavy atom. The molecule has 128 valence electrons. The number of halogens is 3. The molecule has 9 heteroatoms. The average Bonchev–Trinajstić information content (AvgIpc) is 2.80. The number of carbonyl (C=O) groups is 1. The molecule has 2 heterocycles. The van der Waals surface area contributed by atoms with E-state index >= 15 is 0 Å². The summed E-state index contributed by atoms with van der Waals surface area (Å²) >= 11 is 0. The van der Waals surface area contributed by atoms with Gasteiger partial charge in [0, 0.05) is 6.54 Å². The number of pyridine rings is 1. The number of carbonyl (C=O) groups excluding carboxylic acids is 1. The number of aromatic nitrogens is 1. The predicted molar refractivity (Wildman–Crippen MR) is 77.6 cm³/mol. The third-order valence-corrected chi connectivity index (χ3v) is 3.65. The van der Waals surface area contributed by atoms with E-state index < -0.39 is 18.1 Å². The third-order valence-electron chi connectivity index (χ3n) is 3.65. The fourth-order valence-electron chi connectivity index (χ4n) is 2.44. The molecular weight excluding hydrogens is 313 g/mol. The van der Waals surface area contributed by atoms with E-state index in [4.69, 9.17) is 0 Å². The molecule has 0 bridgehead atoms. The third kappa shape index (κ3) is 4.25. The molecule has 1 aromatic rings. The van der Waals surface area contributed by atoms with Crippen LogP contribution in [-0.4, -0.2) is 46.4 Å². The summed E-state index contributed by atoms with van der Waals surface area (Å²) < 4.78 is 37.3. The number of β-amino-alcohol motifs (C(OH)–C–C–N with tert-alkyl or cyclic N) is 1. The Labute approximate surface area is 131 Å². The first-order valence-electron chi connectivity index (χ1n) is 7.21. The predicted octanol–water partition coefficient (Wildman–Crippen LogP) is 1.88. The van der Waals surface area contributed by atoms with Gasteiger partial charge in [-0.05, 0) is 18.1 Å². The van der Waals surface area contributed by atoms with Gasteiger partial charge >= 0.3 is 12.2 Å². The van der Waals surface area contributed by atoms with Crippen LogP contribution in [0.1, 0.15) is 19.5 Å². The lowest BCUT2D eigenvalue weighted by Gasteiger charge is -2.28. The van der Waals surface area contributed by atoms with E-state index in [0.717, 1.165) is 12.3 Å². The topological polar surface area (TPSA) is 77.5 Å². The first-order valence-corrected chi connectivity index (χ1v) is 7.21. The fraction of sp³-hybridized carbons (Fsp3) is 0.571. The van der Waals surface area contributed by atoms with Gasteiger partial charge in [0.1, 0.15) is 11.9 Å². The Hall–Kier alpha value is -2.03. The Morgan fingerprint density at radius 1 is 1.48 bits per heavy atom. The highest BCUT2D eigenvalue weighted by Gasteiger charge is 2.34. The number of aliphatic hydroxyl groups is 1. The van der Waals surface area contributed by atoms with Crippen LogP contribution in [0, 0.1) is 5.92 Å². The van der Waals surface area contributed by atoms with Gasteiger partial charge in [0.05, 0.1) is 24.5 Å². The minimum Gasteiger partial charge on any atom is -0.372 e. The smallest absolute Gasteiger partial charge is 0.372 e. The normalized spacial score (nSPS) is 19.9. The molecule has 0 saturated carbocycles. The van der Waals surface area contributed by atoms with Gasteiger partial charge in [-0.3, -0.25) is 0 Å². The standard InChI is InChI=1S/C14H19F3N4O2/c1-8(2)10-6-19-13(23)21(10)7-12(22)20-9-3-4-11(18-5-9)14(15,16)17/h3-5,8,10,12,20,22H,6-7H2,1-2H3,(H,19,23)/t10-,12?/m1/s1. The van der Waals surface area contributed by atoms with Gasteiger partial charge in [0.25, 0.3) is 0 Å². The van der Waals surface area contributed by atoms with Gasteiger partial charge in [-0.2, -0.15) is 13.2 Å². The summed E-state index contributed by atoms with van der Waals surface area (Å²) in [6.45, 7) is 4.47. The van der Waals surface area contributed by atoms with Crippen molar-refractivity contribution < 1.29 is 23.1 Å². The number of nitrogens with zero attached hydrogens (tertiary/aromatic N) is 2. The summed E-state index contributed by atoms with van der Waals surface area (Å²) in [4.78, 5) is 16.6. The second-order valence-electron chi connectivity index (χ2n) is 5.74. The second-order valence-corrected chi connectivity index (χ2v) is 5.74. The highest BCUT2D eigenvalue weighted by atomic mass is 19.4. The van der Waals surface area contributed by atoms with Crippen molar-refractivity contribution in [3.63, 3.8) is 0 Å². The number of anilines is 1.